The highest BCUT2D eigenvalue weighted by atomic mass is 127. The fourth-order valence-corrected chi connectivity index (χ4v) is 8.99. The molecule has 0 heterocycles. The first-order valence-electron chi connectivity index (χ1n) is 9.84. The van der Waals surface area contributed by atoms with Crippen molar-refractivity contribution in [3.63, 3.8) is 0 Å². The van der Waals surface area contributed by atoms with Crippen molar-refractivity contribution < 1.29 is 9.53 Å². The van der Waals surface area contributed by atoms with Gasteiger partial charge in [-0.15, -0.1) is 0 Å². The SMILES string of the molecule is C[C@@H](I)C[C@H](O)CCCO[Si](c1ccccc1)(c1ccccc1)C(C)(C)C. The molecular weight excluding hydrogens is 463 g/mol. The molecule has 148 valence electrons. The van der Waals surface area contributed by atoms with Crippen molar-refractivity contribution in [3.05, 3.63) is 60.7 Å². The van der Waals surface area contributed by atoms with Crippen molar-refractivity contribution >= 4 is 41.3 Å². The summed E-state index contributed by atoms with van der Waals surface area (Å²) in [6, 6.07) is 21.5. The summed E-state index contributed by atoms with van der Waals surface area (Å²) in [6.07, 6.45) is 2.29. The standard InChI is InChI=1S/C23H33IO2Si/c1-19(24)18-20(25)12-11-17-26-27(23(2,3)4,21-13-7-5-8-14-21)22-15-9-6-10-16-22/h5-10,13-16,19-20,25H,11-12,17-18H2,1-4H3/t19-,20-/m1/s1. The average Bonchev–Trinajstić information content (AvgIpc) is 2.61. The Morgan fingerprint density at radius 1 is 0.963 bits per heavy atom. The van der Waals surface area contributed by atoms with Crippen LogP contribution in [0.25, 0.3) is 0 Å². The topological polar surface area (TPSA) is 29.5 Å². The Kier molecular flexibility index (Phi) is 8.53. The van der Waals surface area contributed by atoms with Crippen molar-refractivity contribution in [2.24, 2.45) is 0 Å². The Morgan fingerprint density at radius 3 is 1.85 bits per heavy atom. The van der Waals surface area contributed by atoms with E-state index in [-0.39, 0.29) is 11.1 Å². The third-order valence-electron chi connectivity index (χ3n) is 5.01. The summed E-state index contributed by atoms with van der Waals surface area (Å²) in [5.74, 6) is 0. The zero-order valence-corrected chi connectivity index (χ0v) is 20.1. The Balaban J connectivity index is 2.27. The maximum absolute atomic E-state index is 10.2. The first-order chi connectivity index (χ1) is 12.8. The zero-order valence-electron chi connectivity index (χ0n) is 17.0. The first-order valence-corrected chi connectivity index (χ1v) is 13.0. The second-order valence-electron chi connectivity index (χ2n) is 8.32. The van der Waals surface area contributed by atoms with Gasteiger partial charge in [0.25, 0.3) is 8.32 Å². The number of halogens is 1. The van der Waals surface area contributed by atoms with Gasteiger partial charge in [0.15, 0.2) is 0 Å². The van der Waals surface area contributed by atoms with E-state index in [4.69, 9.17) is 4.43 Å². The lowest BCUT2D eigenvalue weighted by molar-refractivity contribution is 0.144. The van der Waals surface area contributed by atoms with Crippen LogP contribution in [-0.4, -0.2) is 30.1 Å². The van der Waals surface area contributed by atoms with Gasteiger partial charge in [-0.1, -0.05) is 111 Å². The van der Waals surface area contributed by atoms with Crippen LogP contribution in [0.1, 0.15) is 47.0 Å². The molecule has 0 aliphatic rings. The van der Waals surface area contributed by atoms with E-state index in [0.717, 1.165) is 19.3 Å². The van der Waals surface area contributed by atoms with Crippen molar-refractivity contribution in [1.29, 1.82) is 0 Å². The van der Waals surface area contributed by atoms with Crippen LogP contribution in [0, 0.1) is 0 Å². The lowest BCUT2D eigenvalue weighted by Crippen LogP contribution is -2.66. The number of hydrogen-bond donors (Lipinski definition) is 1. The lowest BCUT2D eigenvalue weighted by atomic mass is 10.1. The van der Waals surface area contributed by atoms with E-state index in [9.17, 15) is 5.11 Å². The summed E-state index contributed by atoms with van der Waals surface area (Å²) >= 11 is 2.37. The fraction of sp³-hybridized carbons (Fsp3) is 0.478. The minimum atomic E-state index is -2.44. The van der Waals surface area contributed by atoms with E-state index < -0.39 is 8.32 Å². The molecule has 0 aromatic heterocycles. The summed E-state index contributed by atoms with van der Waals surface area (Å²) in [5, 5.41) is 12.8. The maximum Gasteiger partial charge on any atom is 0.261 e. The van der Waals surface area contributed by atoms with Crippen molar-refractivity contribution in [2.45, 2.75) is 62.0 Å². The van der Waals surface area contributed by atoms with Crippen molar-refractivity contribution in [3.8, 4) is 0 Å². The smallest absolute Gasteiger partial charge is 0.261 e. The molecule has 0 saturated carbocycles. The highest BCUT2D eigenvalue weighted by molar-refractivity contribution is 14.1. The van der Waals surface area contributed by atoms with Crippen molar-refractivity contribution in [1.82, 2.24) is 0 Å². The van der Waals surface area contributed by atoms with Crippen LogP contribution < -0.4 is 10.4 Å². The second-order valence-corrected chi connectivity index (χ2v) is 14.8. The van der Waals surface area contributed by atoms with Gasteiger partial charge in [0.2, 0.25) is 0 Å². The molecule has 4 heteroatoms. The molecule has 0 fully saturated rings. The van der Waals surface area contributed by atoms with E-state index >= 15 is 0 Å². The molecule has 2 aromatic rings. The molecule has 0 saturated heterocycles. The van der Waals surface area contributed by atoms with E-state index in [1.54, 1.807) is 0 Å². The average molecular weight is 497 g/mol. The molecule has 27 heavy (non-hydrogen) atoms. The van der Waals surface area contributed by atoms with E-state index in [2.05, 4.69) is 111 Å². The highest BCUT2D eigenvalue weighted by Gasteiger charge is 2.49. The maximum atomic E-state index is 10.2. The largest absolute Gasteiger partial charge is 0.407 e. The third kappa shape index (κ3) is 5.89. The molecule has 0 unspecified atom stereocenters. The number of hydrogen-bond acceptors (Lipinski definition) is 2. The molecule has 0 spiro atoms. The molecular formula is C23H33IO2Si. The number of aliphatic hydroxyl groups excluding tert-OH is 1. The van der Waals surface area contributed by atoms with Crippen LogP contribution in [0.4, 0.5) is 0 Å². The van der Waals surface area contributed by atoms with Crippen LogP contribution in [-0.2, 0) is 4.43 Å². The molecule has 1 N–H and O–H groups in total. The van der Waals surface area contributed by atoms with Gasteiger partial charge in [-0.2, -0.15) is 0 Å². The monoisotopic (exact) mass is 496 g/mol. The predicted molar refractivity (Wildman–Crippen MR) is 127 cm³/mol. The van der Waals surface area contributed by atoms with Crippen molar-refractivity contribution in [2.75, 3.05) is 6.61 Å². The fourth-order valence-electron chi connectivity index (χ4n) is 3.80. The Morgan fingerprint density at radius 2 is 1.44 bits per heavy atom. The van der Waals surface area contributed by atoms with Gasteiger partial charge in [-0.05, 0) is 34.7 Å². The summed E-state index contributed by atoms with van der Waals surface area (Å²) in [4.78, 5) is 0. The van der Waals surface area contributed by atoms with Crippen LogP contribution in [0.15, 0.2) is 60.7 Å². The molecule has 0 aliphatic carbocycles. The second kappa shape index (κ2) is 10.2. The molecule has 0 amide bonds. The van der Waals surface area contributed by atoms with E-state index in [1.807, 2.05) is 0 Å². The van der Waals surface area contributed by atoms with E-state index in [1.165, 1.54) is 10.4 Å². The van der Waals surface area contributed by atoms with Gasteiger partial charge in [0.05, 0.1) is 6.10 Å². The highest BCUT2D eigenvalue weighted by Crippen LogP contribution is 2.36. The third-order valence-corrected chi connectivity index (χ3v) is 10.6. The first kappa shape index (κ1) is 22.6. The van der Waals surface area contributed by atoms with E-state index in [0.29, 0.717) is 10.5 Å². The van der Waals surface area contributed by atoms with Crippen LogP contribution in [0.5, 0.6) is 0 Å². The molecule has 0 radical (unpaired) electrons. The Bertz CT molecular complexity index is 628. The number of alkyl halides is 1. The molecule has 0 bridgehead atoms. The Hall–Kier alpha value is -0.693. The normalized spacial score (nSPS) is 14.7. The van der Waals surface area contributed by atoms with Crippen LogP contribution in [0.3, 0.4) is 0 Å². The summed E-state index contributed by atoms with van der Waals surface area (Å²) < 4.78 is 7.34. The summed E-state index contributed by atoms with van der Waals surface area (Å²) in [7, 11) is -2.44. The molecule has 2 rings (SSSR count). The molecule has 0 aliphatic heterocycles. The number of benzene rings is 2. The van der Waals surface area contributed by atoms with Gasteiger partial charge in [0.1, 0.15) is 0 Å². The minimum Gasteiger partial charge on any atom is -0.407 e. The van der Waals surface area contributed by atoms with Crippen LogP contribution >= 0.6 is 22.6 Å². The van der Waals surface area contributed by atoms with Gasteiger partial charge >= 0.3 is 0 Å². The quantitative estimate of drug-likeness (QED) is 0.231. The molecule has 2 nitrogen and oxygen atoms in total. The predicted octanol–water partition coefficient (Wildman–Crippen LogP) is 4.92. The molecule has 2 atom stereocenters. The van der Waals surface area contributed by atoms with Gasteiger partial charge in [0, 0.05) is 10.5 Å². The number of rotatable bonds is 9. The zero-order chi connectivity index (χ0) is 19.9. The van der Waals surface area contributed by atoms with Gasteiger partial charge in [-0.3, -0.25) is 0 Å². The van der Waals surface area contributed by atoms with Crippen LogP contribution in [0.2, 0.25) is 5.04 Å². The minimum absolute atomic E-state index is 0.00501. The number of aliphatic hydroxyl groups is 1. The van der Waals surface area contributed by atoms with Gasteiger partial charge < -0.3 is 9.53 Å². The summed E-state index contributed by atoms with van der Waals surface area (Å²) in [6.45, 7) is 9.71. The van der Waals surface area contributed by atoms with Gasteiger partial charge in [-0.25, -0.2) is 0 Å². The Labute approximate surface area is 179 Å². The summed E-state index contributed by atoms with van der Waals surface area (Å²) in [5.41, 5.74) is 0. The molecule has 2 aromatic carbocycles. The lowest BCUT2D eigenvalue weighted by Gasteiger charge is -2.43.